The van der Waals surface area contributed by atoms with Gasteiger partial charge in [0, 0.05) is 5.56 Å². The summed E-state index contributed by atoms with van der Waals surface area (Å²) in [5.41, 5.74) is 7.00. The van der Waals surface area contributed by atoms with E-state index in [1.165, 1.54) is 0 Å². The number of hydrogen-bond acceptors (Lipinski definition) is 3. The highest BCUT2D eigenvalue weighted by Gasteiger charge is 2.11. The lowest BCUT2D eigenvalue weighted by atomic mass is 9.97. The summed E-state index contributed by atoms with van der Waals surface area (Å²) in [6.07, 6.45) is 0. The van der Waals surface area contributed by atoms with E-state index in [-0.39, 0.29) is 5.56 Å². The highest BCUT2D eigenvalue weighted by molar-refractivity contribution is 5.89. The third-order valence-corrected chi connectivity index (χ3v) is 4.52. The molecule has 0 bridgehead atoms. The van der Waals surface area contributed by atoms with E-state index in [9.17, 15) is 4.79 Å². The molecule has 0 spiro atoms. The summed E-state index contributed by atoms with van der Waals surface area (Å²) in [7, 11) is 0. The fourth-order valence-electron chi connectivity index (χ4n) is 2.73. The van der Waals surface area contributed by atoms with Gasteiger partial charge in [0.15, 0.2) is 0 Å². The molecule has 4 nitrogen and oxygen atoms in total. The van der Waals surface area contributed by atoms with Gasteiger partial charge in [0.25, 0.3) is 0 Å². The number of aromatic carboxylic acids is 1. The van der Waals surface area contributed by atoms with Gasteiger partial charge in [-0.3, -0.25) is 0 Å². The van der Waals surface area contributed by atoms with Crippen molar-refractivity contribution in [1.29, 1.82) is 0 Å². The fourth-order valence-corrected chi connectivity index (χ4v) is 2.73. The molecule has 0 saturated carbocycles. The maximum atomic E-state index is 11.1. The first kappa shape index (κ1) is 17.5. The van der Waals surface area contributed by atoms with Crippen LogP contribution in [0.1, 0.15) is 27.0 Å². The molecule has 4 heteroatoms. The van der Waals surface area contributed by atoms with Gasteiger partial charge in [-0.15, -0.1) is 5.11 Å². The Morgan fingerprint density at radius 1 is 0.808 bits per heavy atom. The number of rotatable bonds is 4. The SMILES string of the molecule is Cc1ccccc1N=Nc1c(-c2ccc(C(=O)O)cc2)ccc(C)c1C. The summed E-state index contributed by atoms with van der Waals surface area (Å²) in [4.78, 5) is 11.1. The first-order valence-electron chi connectivity index (χ1n) is 8.38. The molecule has 0 unspecified atom stereocenters. The van der Waals surface area contributed by atoms with E-state index in [0.29, 0.717) is 0 Å². The van der Waals surface area contributed by atoms with Crippen LogP contribution in [0.4, 0.5) is 11.4 Å². The predicted molar refractivity (Wildman–Crippen MR) is 104 cm³/mol. The average Bonchev–Trinajstić information content (AvgIpc) is 2.64. The maximum Gasteiger partial charge on any atom is 0.335 e. The number of aryl methyl sites for hydroxylation is 2. The zero-order chi connectivity index (χ0) is 18.7. The predicted octanol–water partition coefficient (Wildman–Crippen LogP) is 6.39. The maximum absolute atomic E-state index is 11.1. The Hall–Kier alpha value is -3.27. The molecule has 0 aliphatic carbocycles. The molecule has 1 N–H and O–H groups in total. The second-order valence-corrected chi connectivity index (χ2v) is 6.27. The van der Waals surface area contributed by atoms with Gasteiger partial charge >= 0.3 is 5.97 Å². The number of nitrogens with zero attached hydrogens (tertiary/aromatic N) is 2. The van der Waals surface area contributed by atoms with Crippen molar-refractivity contribution >= 4 is 17.3 Å². The van der Waals surface area contributed by atoms with Crippen LogP contribution >= 0.6 is 0 Å². The number of hydrogen-bond donors (Lipinski definition) is 1. The summed E-state index contributed by atoms with van der Waals surface area (Å²) >= 11 is 0. The number of carbonyl (C=O) groups is 1. The fraction of sp³-hybridized carbons (Fsp3) is 0.136. The van der Waals surface area contributed by atoms with Gasteiger partial charge in [-0.1, -0.05) is 42.5 Å². The second kappa shape index (κ2) is 7.31. The molecule has 3 aromatic carbocycles. The van der Waals surface area contributed by atoms with Gasteiger partial charge in [-0.05, 0) is 61.2 Å². The molecule has 0 atom stereocenters. The van der Waals surface area contributed by atoms with E-state index in [4.69, 9.17) is 5.11 Å². The lowest BCUT2D eigenvalue weighted by Gasteiger charge is -2.11. The molecule has 0 radical (unpaired) electrons. The van der Waals surface area contributed by atoms with Crippen LogP contribution in [0.25, 0.3) is 11.1 Å². The summed E-state index contributed by atoms with van der Waals surface area (Å²) in [5.74, 6) is -0.934. The molecule has 0 aliphatic rings. The molecule has 0 amide bonds. The molecule has 0 saturated heterocycles. The molecular weight excluding hydrogens is 324 g/mol. The number of azo groups is 1. The largest absolute Gasteiger partial charge is 0.478 e. The lowest BCUT2D eigenvalue weighted by molar-refractivity contribution is 0.0697. The van der Waals surface area contributed by atoms with Crippen LogP contribution in [0, 0.1) is 20.8 Å². The standard InChI is InChI=1S/C22H20N2O2/c1-14-8-13-19(17-9-11-18(12-10-17)22(25)26)21(16(14)3)24-23-20-7-5-4-6-15(20)2/h4-13H,1-3H3,(H,25,26). The van der Waals surface area contributed by atoms with Gasteiger partial charge in [0.05, 0.1) is 16.9 Å². The summed E-state index contributed by atoms with van der Waals surface area (Å²) in [6, 6.07) is 18.7. The molecule has 3 aromatic rings. The van der Waals surface area contributed by atoms with Gasteiger partial charge in [-0.25, -0.2) is 4.79 Å². The van der Waals surface area contributed by atoms with Crippen LogP contribution in [0.5, 0.6) is 0 Å². The smallest absolute Gasteiger partial charge is 0.335 e. The minimum atomic E-state index is -0.934. The molecule has 0 aliphatic heterocycles. The lowest BCUT2D eigenvalue weighted by Crippen LogP contribution is -1.95. The average molecular weight is 344 g/mol. The summed E-state index contributed by atoms with van der Waals surface area (Å²) in [6.45, 7) is 6.07. The zero-order valence-corrected chi connectivity index (χ0v) is 15.0. The van der Waals surface area contributed by atoms with Gasteiger partial charge < -0.3 is 5.11 Å². The quantitative estimate of drug-likeness (QED) is 0.557. The van der Waals surface area contributed by atoms with E-state index in [2.05, 4.69) is 10.2 Å². The Morgan fingerprint density at radius 2 is 1.50 bits per heavy atom. The molecule has 26 heavy (non-hydrogen) atoms. The molecule has 0 fully saturated rings. The third-order valence-electron chi connectivity index (χ3n) is 4.52. The van der Waals surface area contributed by atoms with Crippen molar-refractivity contribution in [2.45, 2.75) is 20.8 Å². The van der Waals surface area contributed by atoms with E-state index in [1.54, 1.807) is 24.3 Å². The van der Waals surface area contributed by atoms with Crippen molar-refractivity contribution in [2.24, 2.45) is 10.2 Å². The molecule has 3 rings (SSSR count). The van der Waals surface area contributed by atoms with E-state index in [1.807, 2.05) is 57.2 Å². The topological polar surface area (TPSA) is 62.0 Å². The zero-order valence-electron chi connectivity index (χ0n) is 15.0. The van der Waals surface area contributed by atoms with Crippen LogP contribution in [0.15, 0.2) is 70.9 Å². The third kappa shape index (κ3) is 3.54. The van der Waals surface area contributed by atoms with E-state index >= 15 is 0 Å². The van der Waals surface area contributed by atoms with Crippen LogP contribution in [0.3, 0.4) is 0 Å². The van der Waals surface area contributed by atoms with Crippen LogP contribution in [0.2, 0.25) is 0 Å². The van der Waals surface area contributed by atoms with Crippen molar-refractivity contribution in [2.75, 3.05) is 0 Å². The molecule has 0 aromatic heterocycles. The van der Waals surface area contributed by atoms with Crippen molar-refractivity contribution in [3.8, 4) is 11.1 Å². The first-order chi connectivity index (χ1) is 12.5. The molecular formula is C22H20N2O2. The Balaban J connectivity index is 2.08. The summed E-state index contributed by atoms with van der Waals surface area (Å²) in [5, 5.41) is 18.1. The van der Waals surface area contributed by atoms with Crippen molar-refractivity contribution in [1.82, 2.24) is 0 Å². The van der Waals surface area contributed by atoms with Crippen molar-refractivity contribution in [3.63, 3.8) is 0 Å². The van der Waals surface area contributed by atoms with Gasteiger partial charge in [0.1, 0.15) is 0 Å². The Kier molecular flexibility index (Phi) is 4.94. The normalized spacial score (nSPS) is 11.0. The highest BCUT2D eigenvalue weighted by Crippen LogP contribution is 2.36. The van der Waals surface area contributed by atoms with Crippen LogP contribution < -0.4 is 0 Å². The second-order valence-electron chi connectivity index (χ2n) is 6.27. The van der Waals surface area contributed by atoms with Crippen molar-refractivity contribution < 1.29 is 9.90 Å². The molecule has 0 heterocycles. The Labute approximate surface area is 152 Å². The van der Waals surface area contributed by atoms with Gasteiger partial charge in [-0.2, -0.15) is 5.11 Å². The first-order valence-corrected chi connectivity index (χ1v) is 8.38. The van der Waals surface area contributed by atoms with Crippen LogP contribution in [-0.4, -0.2) is 11.1 Å². The summed E-state index contributed by atoms with van der Waals surface area (Å²) < 4.78 is 0. The monoisotopic (exact) mass is 344 g/mol. The minimum absolute atomic E-state index is 0.265. The van der Waals surface area contributed by atoms with E-state index in [0.717, 1.165) is 39.2 Å². The molecule has 130 valence electrons. The van der Waals surface area contributed by atoms with Crippen molar-refractivity contribution in [3.05, 3.63) is 82.9 Å². The number of carboxylic acids is 1. The number of benzene rings is 3. The minimum Gasteiger partial charge on any atom is -0.478 e. The number of carboxylic acid groups (broad SMARTS) is 1. The Bertz CT molecular complexity index is 990. The van der Waals surface area contributed by atoms with Crippen LogP contribution in [-0.2, 0) is 0 Å². The van der Waals surface area contributed by atoms with Gasteiger partial charge in [0.2, 0.25) is 0 Å². The van der Waals surface area contributed by atoms with E-state index < -0.39 is 5.97 Å². The Morgan fingerprint density at radius 3 is 2.15 bits per heavy atom. The highest BCUT2D eigenvalue weighted by atomic mass is 16.4.